The van der Waals surface area contributed by atoms with Gasteiger partial charge >= 0.3 is 5.97 Å². The van der Waals surface area contributed by atoms with E-state index in [1.165, 1.54) is 25.7 Å². The Bertz CT molecular complexity index is 300. The third kappa shape index (κ3) is 7.56. The lowest BCUT2D eigenvalue weighted by Gasteiger charge is -2.30. The number of hydrazine groups is 1. The summed E-state index contributed by atoms with van der Waals surface area (Å²) in [5.41, 5.74) is 3.69. The molecule has 0 radical (unpaired) electrons. The van der Waals surface area contributed by atoms with Gasteiger partial charge in [-0.15, -0.1) is 0 Å². The Labute approximate surface area is 135 Å². The van der Waals surface area contributed by atoms with Crippen molar-refractivity contribution in [1.82, 2.24) is 10.4 Å². The molecule has 5 nitrogen and oxygen atoms in total. The Hall–Kier alpha value is -0.650. The zero-order valence-electron chi connectivity index (χ0n) is 14.6. The quantitative estimate of drug-likeness (QED) is 0.561. The summed E-state index contributed by atoms with van der Waals surface area (Å²) in [6.07, 6.45) is 8.46. The van der Waals surface area contributed by atoms with Gasteiger partial charge < -0.3 is 9.47 Å². The molecule has 1 heterocycles. The van der Waals surface area contributed by atoms with Crippen molar-refractivity contribution in [2.45, 2.75) is 77.3 Å². The van der Waals surface area contributed by atoms with E-state index in [9.17, 15) is 4.79 Å². The fourth-order valence-corrected chi connectivity index (χ4v) is 3.06. The van der Waals surface area contributed by atoms with Crippen molar-refractivity contribution in [3.8, 4) is 0 Å². The second-order valence-corrected chi connectivity index (χ2v) is 6.11. The molecule has 5 heteroatoms. The lowest BCUT2D eigenvalue weighted by atomic mass is 10.0. The van der Waals surface area contributed by atoms with E-state index < -0.39 is 0 Å². The summed E-state index contributed by atoms with van der Waals surface area (Å²) >= 11 is 0. The average Bonchev–Trinajstić information content (AvgIpc) is 2.92. The Morgan fingerprint density at radius 2 is 2.09 bits per heavy atom. The van der Waals surface area contributed by atoms with Gasteiger partial charge in [0.05, 0.1) is 13.2 Å². The molecular formula is C17H34N2O3. The van der Waals surface area contributed by atoms with Crippen LogP contribution in [0.3, 0.4) is 0 Å². The number of rotatable bonds is 12. The van der Waals surface area contributed by atoms with Crippen molar-refractivity contribution in [3.63, 3.8) is 0 Å². The minimum absolute atomic E-state index is 0.0739. The molecule has 0 aromatic heterocycles. The average molecular weight is 314 g/mol. The molecule has 1 saturated heterocycles. The molecule has 2 atom stereocenters. The van der Waals surface area contributed by atoms with E-state index in [4.69, 9.17) is 9.47 Å². The van der Waals surface area contributed by atoms with Crippen LogP contribution < -0.4 is 5.43 Å². The van der Waals surface area contributed by atoms with Crippen LogP contribution in [0.2, 0.25) is 0 Å². The molecule has 0 amide bonds. The molecule has 1 aliphatic rings. The van der Waals surface area contributed by atoms with E-state index in [-0.39, 0.29) is 5.97 Å². The van der Waals surface area contributed by atoms with E-state index >= 15 is 0 Å². The first-order valence-electron chi connectivity index (χ1n) is 8.88. The van der Waals surface area contributed by atoms with Crippen LogP contribution in [0, 0.1) is 0 Å². The number of methoxy groups -OCH3 is 1. The Morgan fingerprint density at radius 3 is 2.77 bits per heavy atom. The maximum Gasteiger partial charge on any atom is 0.305 e. The van der Waals surface area contributed by atoms with Crippen molar-refractivity contribution >= 4 is 5.97 Å². The predicted octanol–water partition coefficient (Wildman–Crippen LogP) is 2.89. The third-order valence-electron chi connectivity index (χ3n) is 4.23. The molecule has 22 heavy (non-hydrogen) atoms. The van der Waals surface area contributed by atoms with Gasteiger partial charge in [-0.05, 0) is 39.0 Å². The number of nitrogens with zero attached hydrogens (tertiary/aromatic N) is 1. The number of hydrogen-bond acceptors (Lipinski definition) is 5. The van der Waals surface area contributed by atoms with Crippen LogP contribution >= 0.6 is 0 Å². The maximum atomic E-state index is 11.5. The van der Waals surface area contributed by atoms with Crippen molar-refractivity contribution in [1.29, 1.82) is 0 Å². The van der Waals surface area contributed by atoms with Gasteiger partial charge in [-0.25, -0.2) is 5.01 Å². The van der Waals surface area contributed by atoms with E-state index in [0.717, 1.165) is 32.4 Å². The van der Waals surface area contributed by atoms with E-state index in [1.807, 2.05) is 6.92 Å². The monoisotopic (exact) mass is 314 g/mol. The van der Waals surface area contributed by atoms with E-state index in [0.29, 0.717) is 25.1 Å². The topological polar surface area (TPSA) is 50.8 Å². The fourth-order valence-electron chi connectivity index (χ4n) is 3.06. The number of carbonyl (C=O) groups is 1. The molecule has 0 unspecified atom stereocenters. The SMILES string of the molecule is CCCC[C@H](CCCC(=O)OCC)NN1CCC[C@H]1COC. The summed E-state index contributed by atoms with van der Waals surface area (Å²) in [6, 6.07) is 0.936. The van der Waals surface area contributed by atoms with Crippen LogP contribution in [0.1, 0.15) is 65.2 Å². The number of esters is 1. The smallest absolute Gasteiger partial charge is 0.305 e. The molecule has 0 bridgehead atoms. The van der Waals surface area contributed by atoms with Gasteiger partial charge in [-0.3, -0.25) is 10.2 Å². The minimum atomic E-state index is -0.0739. The molecule has 0 aromatic rings. The Balaban J connectivity index is 2.37. The zero-order chi connectivity index (χ0) is 16.2. The number of nitrogens with one attached hydrogen (secondary N) is 1. The summed E-state index contributed by atoms with van der Waals surface area (Å²) in [5.74, 6) is -0.0739. The van der Waals surface area contributed by atoms with E-state index in [2.05, 4.69) is 17.4 Å². The maximum absolute atomic E-state index is 11.5. The highest BCUT2D eigenvalue weighted by atomic mass is 16.5. The van der Waals surface area contributed by atoms with Crippen molar-refractivity contribution in [2.24, 2.45) is 0 Å². The molecule has 130 valence electrons. The van der Waals surface area contributed by atoms with Crippen LogP contribution in [0.15, 0.2) is 0 Å². The lowest BCUT2D eigenvalue weighted by molar-refractivity contribution is -0.143. The molecule has 0 spiro atoms. The molecule has 0 aromatic carbocycles. The van der Waals surface area contributed by atoms with E-state index in [1.54, 1.807) is 7.11 Å². The Kier molecular flexibility index (Phi) is 10.5. The van der Waals surface area contributed by atoms with Crippen LogP contribution in [0.4, 0.5) is 0 Å². The van der Waals surface area contributed by atoms with Crippen LogP contribution in [-0.2, 0) is 14.3 Å². The first kappa shape index (κ1) is 19.4. The second kappa shape index (κ2) is 11.9. The number of hydrogen-bond donors (Lipinski definition) is 1. The summed E-state index contributed by atoms with van der Waals surface area (Å²) in [4.78, 5) is 11.5. The van der Waals surface area contributed by atoms with Gasteiger partial charge in [0.2, 0.25) is 0 Å². The van der Waals surface area contributed by atoms with Gasteiger partial charge in [0, 0.05) is 32.2 Å². The zero-order valence-corrected chi connectivity index (χ0v) is 14.6. The first-order chi connectivity index (χ1) is 10.7. The molecular weight excluding hydrogens is 280 g/mol. The fraction of sp³-hybridized carbons (Fsp3) is 0.941. The van der Waals surface area contributed by atoms with Gasteiger partial charge in [-0.2, -0.15) is 0 Å². The molecule has 1 aliphatic heterocycles. The summed E-state index contributed by atoms with van der Waals surface area (Å²) < 4.78 is 10.3. The molecule has 1 rings (SSSR count). The van der Waals surface area contributed by atoms with Gasteiger partial charge in [0.25, 0.3) is 0 Å². The van der Waals surface area contributed by atoms with Gasteiger partial charge in [0.1, 0.15) is 0 Å². The highest BCUT2D eigenvalue weighted by Crippen LogP contribution is 2.18. The highest BCUT2D eigenvalue weighted by Gasteiger charge is 2.26. The van der Waals surface area contributed by atoms with Gasteiger partial charge in [0.15, 0.2) is 0 Å². The number of ether oxygens (including phenoxy) is 2. The van der Waals surface area contributed by atoms with Crippen molar-refractivity contribution < 1.29 is 14.3 Å². The van der Waals surface area contributed by atoms with Crippen molar-refractivity contribution in [2.75, 3.05) is 26.9 Å². The molecule has 0 saturated carbocycles. The highest BCUT2D eigenvalue weighted by molar-refractivity contribution is 5.69. The molecule has 0 aliphatic carbocycles. The largest absolute Gasteiger partial charge is 0.466 e. The normalized spacial score (nSPS) is 20.2. The molecule has 1 fully saturated rings. The summed E-state index contributed by atoms with van der Waals surface area (Å²) in [7, 11) is 1.77. The first-order valence-corrected chi connectivity index (χ1v) is 8.88. The summed E-state index contributed by atoms with van der Waals surface area (Å²) in [6.45, 7) is 6.43. The van der Waals surface area contributed by atoms with Crippen LogP contribution in [0.25, 0.3) is 0 Å². The number of carbonyl (C=O) groups excluding carboxylic acids is 1. The van der Waals surface area contributed by atoms with Crippen LogP contribution in [-0.4, -0.2) is 49.9 Å². The van der Waals surface area contributed by atoms with Gasteiger partial charge in [-0.1, -0.05) is 19.8 Å². The standard InChI is InChI=1S/C17H34N2O3/c1-4-6-9-15(10-7-12-17(20)22-5-2)18-19-13-8-11-16(19)14-21-3/h15-16,18H,4-14H2,1-3H3/t15-,16+/m1/s1. The van der Waals surface area contributed by atoms with Crippen LogP contribution in [0.5, 0.6) is 0 Å². The minimum Gasteiger partial charge on any atom is -0.466 e. The predicted molar refractivity (Wildman–Crippen MR) is 88.5 cm³/mol. The Morgan fingerprint density at radius 1 is 1.32 bits per heavy atom. The summed E-state index contributed by atoms with van der Waals surface area (Å²) in [5, 5.41) is 2.36. The molecule has 1 N–H and O–H groups in total. The number of unbranched alkanes of at least 4 members (excludes halogenated alkanes) is 1. The third-order valence-corrected chi connectivity index (χ3v) is 4.23. The second-order valence-electron chi connectivity index (χ2n) is 6.11. The lowest BCUT2D eigenvalue weighted by Crippen LogP contribution is -2.48. The van der Waals surface area contributed by atoms with Crippen molar-refractivity contribution in [3.05, 3.63) is 0 Å².